The summed E-state index contributed by atoms with van der Waals surface area (Å²) in [6.07, 6.45) is 2.72. The smallest absolute Gasteiger partial charge is 0.106 e. The molecule has 1 saturated heterocycles. The van der Waals surface area contributed by atoms with Crippen molar-refractivity contribution in [2.45, 2.75) is 49.5 Å². The highest BCUT2D eigenvalue weighted by Crippen LogP contribution is 2.46. The first kappa shape index (κ1) is 12.2. The predicted molar refractivity (Wildman–Crippen MR) is 70.2 cm³/mol. The van der Waals surface area contributed by atoms with Crippen molar-refractivity contribution < 1.29 is 10.2 Å². The zero-order chi connectivity index (χ0) is 12.8. The van der Waals surface area contributed by atoms with Crippen molar-refractivity contribution in [1.29, 1.82) is 0 Å². The van der Waals surface area contributed by atoms with Crippen molar-refractivity contribution in [2.75, 3.05) is 7.05 Å². The first-order valence-corrected chi connectivity index (χ1v) is 6.80. The maximum absolute atomic E-state index is 10.6. The number of piperidine rings is 1. The van der Waals surface area contributed by atoms with Crippen LogP contribution < -0.4 is 0 Å². The number of aliphatic hydroxyl groups excluding tert-OH is 1. The van der Waals surface area contributed by atoms with Gasteiger partial charge in [0, 0.05) is 12.1 Å². The molecule has 2 aliphatic rings. The summed E-state index contributed by atoms with van der Waals surface area (Å²) in [6.45, 7) is 0. The molecule has 4 atom stereocenters. The lowest BCUT2D eigenvalue weighted by Crippen LogP contribution is -2.60. The van der Waals surface area contributed by atoms with E-state index in [4.69, 9.17) is 0 Å². The molecule has 1 aromatic rings. The van der Waals surface area contributed by atoms with Crippen LogP contribution in [-0.4, -0.2) is 39.9 Å². The van der Waals surface area contributed by atoms with Crippen LogP contribution in [-0.2, 0) is 0 Å². The Bertz CT molecular complexity index is 422. The Hall–Kier alpha value is -0.900. The summed E-state index contributed by atoms with van der Waals surface area (Å²) in [7, 11) is 2.07. The number of likely N-dealkylation sites (N-methyl/N-ethyl adjacent to an activating group) is 1. The number of hydrogen-bond donors (Lipinski definition) is 2. The molecule has 98 valence electrons. The highest BCUT2D eigenvalue weighted by atomic mass is 16.3. The molecule has 3 heteroatoms. The first-order valence-electron chi connectivity index (χ1n) is 6.80. The molecule has 0 spiro atoms. The van der Waals surface area contributed by atoms with Gasteiger partial charge < -0.3 is 10.2 Å². The Morgan fingerprint density at radius 3 is 2.72 bits per heavy atom. The number of likely N-dealkylation sites (tertiary alicyclic amines) is 1. The van der Waals surface area contributed by atoms with E-state index in [1.54, 1.807) is 0 Å². The van der Waals surface area contributed by atoms with Crippen LogP contribution in [0.3, 0.4) is 0 Å². The second-order valence-corrected chi connectivity index (χ2v) is 5.74. The van der Waals surface area contributed by atoms with Gasteiger partial charge in [0.15, 0.2) is 0 Å². The molecule has 0 amide bonds. The van der Waals surface area contributed by atoms with E-state index in [1.807, 2.05) is 18.2 Å². The minimum absolute atomic E-state index is 0.0893. The lowest BCUT2D eigenvalue weighted by Gasteiger charge is -2.49. The molecule has 2 fully saturated rings. The van der Waals surface area contributed by atoms with Crippen LogP contribution in [0.4, 0.5) is 0 Å². The van der Waals surface area contributed by atoms with Gasteiger partial charge in [0.25, 0.3) is 0 Å². The summed E-state index contributed by atoms with van der Waals surface area (Å²) in [5, 5.41) is 20.9. The fraction of sp³-hybridized carbons (Fsp3) is 0.600. The number of nitrogens with zero attached hydrogens (tertiary/aromatic N) is 1. The van der Waals surface area contributed by atoms with Gasteiger partial charge in [-0.2, -0.15) is 0 Å². The lowest BCUT2D eigenvalue weighted by molar-refractivity contribution is -0.154. The van der Waals surface area contributed by atoms with Gasteiger partial charge in [0.2, 0.25) is 0 Å². The van der Waals surface area contributed by atoms with Crippen molar-refractivity contribution in [3.8, 4) is 0 Å². The molecule has 1 heterocycles. The molecular weight excluding hydrogens is 226 g/mol. The van der Waals surface area contributed by atoms with Crippen LogP contribution >= 0.6 is 0 Å². The van der Waals surface area contributed by atoms with E-state index in [9.17, 15) is 10.2 Å². The molecule has 0 bridgehead atoms. The molecule has 0 aromatic heterocycles. The number of aliphatic hydroxyl groups is 2. The van der Waals surface area contributed by atoms with Gasteiger partial charge in [-0.05, 0) is 38.3 Å². The zero-order valence-corrected chi connectivity index (χ0v) is 10.8. The largest absolute Gasteiger partial charge is 0.390 e. The van der Waals surface area contributed by atoms with Gasteiger partial charge in [-0.3, -0.25) is 4.90 Å². The maximum atomic E-state index is 10.6. The van der Waals surface area contributed by atoms with Gasteiger partial charge in [-0.15, -0.1) is 0 Å². The normalized spacial score (nSPS) is 40.7. The van der Waals surface area contributed by atoms with Gasteiger partial charge in [-0.25, -0.2) is 0 Å². The molecular formula is C15H21NO2. The van der Waals surface area contributed by atoms with Crippen molar-refractivity contribution in [3.05, 3.63) is 35.9 Å². The summed E-state index contributed by atoms with van der Waals surface area (Å²) in [5.41, 5.74) is 0.341. The summed E-state index contributed by atoms with van der Waals surface area (Å²) in [6, 6.07) is 10.6. The van der Waals surface area contributed by atoms with Crippen molar-refractivity contribution >= 4 is 0 Å². The zero-order valence-electron chi connectivity index (χ0n) is 10.8. The molecule has 1 aliphatic carbocycles. The van der Waals surface area contributed by atoms with E-state index in [2.05, 4.69) is 24.1 Å². The van der Waals surface area contributed by atoms with Crippen LogP contribution in [0.2, 0.25) is 0 Å². The second kappa shape index (κ2) is 4.34. The number of fused-ring (bicyclic) bond motifs is 1. The van der Waals surface area contributed by atoms with Gasteiger partial charge >= 0.3 is 0 Å². The van der Waals surface area contributed by atoms with E-state index >= 15 is 0 Å². The van der Waals surface area contributed by atoms with Crippen LogP contribution in [0.1, 0.15) is 37.3 Å². The Balaban J connectivity index is 1.91. The monoisotopic (exact) mass is 247 g/mol. The third kappa shape index (κ3) is 1.69. The predicted octanol–water partition coefficient (Wildman–Crippen LogP) is 1.71. The molecule has 3 nitrogen and oxygen atoms in total. The molecule has 1 aliphatic heterocycles. The van der Waals surface area contributed by atoms with Crippen molar-refractivity contribution in [2.24, 2.45) is 0 Å². The van der Waals surface area contributed by atoms with Gasteiger partial charge in [0.1, 0.15) is 5.60 Å². The molecule has 1 aromatic carbocycles. The Morgan fingerprint density at radius 1 is 1.28 bits per heavy atom. The fourth-order valence-electron chi connectivity index (χ4n) is 3.79. The third-order valence-electron chi connectivity index (χ3n) is 4.82. The molecule has 18 heavy (non-hydrogen) atoms. The number of rotatable bonds is 1. The topological polar surface area (TPSA) is 43.7 Å². The van der Waals surface area contributed by atoms with E-state index < -0.39 is 11.7 Å². The van der Waals surface area contributed by atoms with Crippen LogP contribution in [0.25, 0.3) is 0 Å². The second-order valence-electron chi connectivity index (χ2n) is 5.74. The van der Waals surface area contributed by atoms with E-state index in [0.717, 1.165) is 19.3 Å². The number of hydrogen-bond acceptors (Lipinski definition) is 3. The molecule has 4 unspecified atom stereocenters. The van der Waals surface area contributed by atoms with Gasteiger partial charge in [0.05, 0.1) is 6.10 Å². The highest BCUT2D eigenvalue weighted by Gasteiger charge is 2.53. The number of benzene rings is 1. The quantitative estimate of drug-likeness (QED) is 0.794. The van der Waals surface area contributed by atoms with Crippen molar-refractivity contribution in [3.63, 3.8) is 0 Å². The summed E-state index contributed by atoms with van der Waals surface area (Å²) in [5.74, 6) is 0. The lowest BCUT2D eigenvalue weighted by atomic mass is 9.79. The highest BCUT2D eigenvalue weighted by molar-refractivity contribution is 5.22. The Kier molecular flexibility index (Phi) is 2.93. The third-order valence-corrected chi connectivity index (χ3v) is 4.82. The minimum Gasteiger partial charge on any atom is -0.390 e. The minimum atomic E-state index is -0.889. The van der Waals surface area contributed by atoms with E-state index in [-0.39, 0.29) is 12.1 Å². The average molecular weight is 247 g/mol. The van der Waals surface area contributed by atoms with Crippen LogP contribution in [0.5, 0.6) is 0 Å². The van der Waals surface area contributed by atoms with Crippen LogP contribution in [0.15, 0.2) is 30.3 Å². The summed E-state index contributed by atoms with van der Waals surface area (Å²) >= 11 is 0. The molecule has 2 N–H and O–H groups in total. The van der Waals surface area contributed by atoms with E-state index in [0.29, 0.717) is 6.42 Å². The Labute approximate surface area is 108 Å². The summed E-state index contributed by atoms with van der Waals surface area (Å²) in [4.78, 5) is 2.26. The molecule has 3 rings (SSSR count). The maximum Gasteiger partial charge on any atom is 0.106 e. The van der Waals surface area contributed by atoms with E-state index in [1.165, 1.54) is 5.56 Å². The summed E-state index contributed by atoms with van der Waals surface area (Å²) < 4.78 is 0. The SMILES string of the molecule is CN1C(c2ccccc2)CC(O)C2(O)CCCC12. The van der Waals surface area contributed by atoms with Gasteiger partial charge in [-0.1, -0.05) is 30.3 Å². The molecule has 0 radical (unpaired) electrons. The Morgan fingerprint density at radius 2 is 2.00 bits per heavy atom. The van der Waals surface area contributed by atoms with Crippen molar-refractivity contribution in [1.82, 2.24) is 4.90 Å². The standard InChI is InChI=1S/C15H21NO2/c1-16-12(11-6-3-2-4-7-11)10-14(17)15(18)9-5-8-13(15)16/h2-4,6-7,12-14,17-18H,5,8-10H2,1H3. The van der Waals surface area contributed by atoms with Crippen LogP contribution in [0, 0.1) is 0 Å². The first-order chi connectivity index (χ1) is 8.63. The molecule has 1 saturated carbocycles. The fourth-order valence-corrected chi connectivity index (χ4v) is 3.79. The average Bonchev–Trinajstić information content (AvgIpc) is 2.79.